The largest absolute Gasteiger partial charge is 0.299 e. The summed E-state index contributed by atoms with van der Waals surface area (Å²) in [4.78, 5) is 12.3. The Kier molecular flexibility index (Phi) is 2.56. The van der Waals surface area contributed by atoms with Gasteiger partial charge in [-0.15, -0.1) is 0 Å². The summed E-state index contributed by atoms with van der Waals surface area (Å²) in [7, 11) is 0. The number of carbonyl (C=O) groups excluding carboxylic acids is 1. The van der Waals surface area contributed by atoms with Gasteiger partial charge in [-0.3, -0.25) is 4.79 Å². The molecule has 1 heteroatoms. The number of rotatable bonds is 1. The van der Waals surface area contributed by atoms with Crippen LogP contribution in [0.5, 0.6) is 0 Å². The minimum Gasteiger partial charge on any atom is -0.299 e. The van der Waals surface area contributed by atoms with Crippen LogP contribution in [-0.4, -0.2) is 5.78 Å². The van der Waals surface area contributed by atoms with Gasteiger partial charge in [0.1, 0.15) is 5.78 Å². The second-order valence-corrected chi connectivity index (χ2v) is 6.93. The van der Waals surface area contributed by atoms with Gasteiger partial charge in [0.15, 0.2) is 0 Å². The van der Waals surface area contributed by atoms with E-state index in [9.17, 15) is 4.79 Å². The predicted octanol–water partition coefficient (Wildman–Crippen LogP) is 4.16. The number of ketones is 1. The Morgan fingerprint density at radius 2 is 1.61 bits per heavy atom. The first-order valence-electron chi connectivity index (χ1n) is 6.70. The molecule has 0 amide bonds. The third-order valence-electron chi connectivity index (χ3n) is 5.95. The monoisotopic (exact) mass is 244 g/mol. The highest BCUT2D eigenvalue weighted by atomic mass is 16.1. The van der Waals surface area contributed by atoms with Crippen molar-refractivity contribution >= 4 is 5.78 Å². The van der Waals surface area contributed by atoms with Crippen LogP contribution in [0.3, 0.4) is 0 Å². The first kappa shape index (κ1) is 13.3. The zero-order valence-electron chi connectivity index (χ0n) is 12.6. The van der Waals surface area contributed by atoms with Gasteiger partial charge in [0, 0.05) is 0 Å². The van der Waals surface area contributed by atoms with Gasteiger partial charge in [0.2, 0.25) is 0 Å². The molecule has 1 aliphatic rings. The first-order chi connectivity index (χ1) is 8.08. The Morgan fingerprint density at radius 1 is 1.06 bits per heavy atom. The fraction of sp³-hybridized carbons (Fsp3) is 0.588. The second kappa shape index (κ2) is 3.46. The molecular formula is C17H24O. The highest BCUT2D eigenvalue weighted by Gasteiger charge is 2.61. The molecule has 1 aromatic rings. The van der Waals surface area contributed by atoms with E-state index in [1.807, 2.05) is 0 Å². The molecule has 98 valence electrons. The number of aryl methyl sites for hydroxylation is 1. The van der Waals surface area contributed by atoms with Gasteiger partial charge < -0.3 is 0 Å². The van der Waals surface area contributed by atoms with E-state index in [2.05, 4.69) is 59.7 Å². The summed E-state index contributed by atoms with van der Waals surface area (Å²) >= 11 is 0. The van der Waals surface area contributed by atoms with E-state index >= 15 is 0 Å². The molecule has 0 bridgehead atoms. The van der Waals surface area contributed by atoms with Gasteiger partial charge in [-0.25, -0.2) is 0 Å². The zero-order chi connectivity index (χ0) is 13.9. The molecule has 2 rings (SSSR count). The standard InChI is InChI=1S/C17H24O/c1-11-9-8-10-13-14(11)15(3,4)16(5,6)17(13,7)12(2)18/h8-10H,1-7H3. The number of fused-ring (bicyclic) bond motifs is 1. The lowest BCUT2D eigenvalue weighted by Crippen LogP contribution is -2.48. The van der Waals surface area contributed by atoms with Crippen LogP contribution in [0, 0.1) is 12.3 Å². The summed E-state index contributed by atoms with van der Waals surface area (Å²) in [5.74, 6) is 0.268. The summed E-state index contributed by atoms with van der Waals surface area (Å²) in [6.45, 7) is 15.0. The molecule has 0 aliphatic heterocycles. The van der Waals surface area contributed by atoms with Crippen molar-refractivity contribution in [3.63, 3.8) is 0 Å². The van der Waals surface area contributed by atoms with Crippen molar-refractivity contribution in [1.82, 2.24) is 0 Å². The number of benzene rings is 1. The fourth-order valence-electron chi connectivity index (χ4n) is 3.82. The molecule has 0 radical (unpaired) electrons. The molecule has 18 heavy (non-hydrogen) atoms. The zero-order valence-corrected chi connectivity index (χ0v) is 12.6. The number of hydrogen-bond acceptors (Lipinski definition) is 1. The molecule has 1 nitrogen and oxygen atoms in total. The van der Waals surface area contributed by atoms with Crippen molar-refractivity contribution in [2.75, 3.05) is 0 Å². The maximum atomic E-state index is 12.3. The van der Waals surface area contributed by atoms with E-state index in [0.29, 0.717) is 0 Å². The number of carbonyl (C=O) groups is 1. The van der Waals surface area contributed by atoms with E-state index in [1.165, 1.54) is 16.7 Å². The molecule has 0 fully saturated rings. The molecule has 0 saturated carbocycles. The van der Waals surface area contributed by atoms with Crippen LogP contribution in [0.25, 0.3) is 0 Å². The Labute approximate surface area is 111 Å². The SMILES string of the molecule is CC(=O)C1(C)c2cccc(C)c2C(C)(C)C1(C)C. The Balaban J connectivity index is 2.91. The Morgan fingerprint density at radius 3 is 2.11 bits per heavy atom. The Bertz CT molecular complexity index is 522. The molecule has 0 spiro atoms. The van der Waals surface area contributed by atoms with E-state index < -0.39 is 5.41 Å². The van der Waals surface area contributed by atoms with Crippen LogP contribution >= 0.6 is 0 Å². The third-order valence-corrected chi connectivity index (χ3v) is 5.95. The van der Waals surface area contributed by atoms with Gasteiger partial charge in [-0.2, -0.15) is 0 Å². The molecule has 1 aromatic carbocycles. The maximum absolute atomic E-state index is 12.3. The second-order valence-electron chi connectivity index (χ2n) is 6.93. The van der Waals surface area contributed by atoms with Gasteiger partial charge in [0.25, 0.3) is 0 Å². The smallest absolute Gasteiger partial charge is 0.140 e. The normalized spacial score (nSPS) is 27.9. The minimum atomic E-state index is -0.391. The van der Waals surface area contributed by atoms with Crippen molar-refractivity contribution in [3.8, 4) is 0 Å². The average molecular weight is 244 g/mol. The highest BCUT2D eigenvalue weighted by Crippen LogP contribution is 2.62. The lowest BCUT2D eigenvalue weighted by molar-refractivity contribution is -0.126. The van der Waals surface area contributed by atoms with Crippen molar-refractivity contribution in [3.05, 3.63) is 34.9 Å². The maximum Gasteiger partial charge on any atom is 0.140 e. The van der Waals surface area contributed by atoms with Crippen molar-refractivity contribution in [1.29, 1.82) is 0 Å². The summed E-state index contributed by atoms with van der Waals surface area (Å²) in [5, 5.41) is 0. The van der Waals surface area contributed by atoms with E-state index in [4.69, 9.17) is 0 Å². The lowest BCUT2D eigenvalue weighted by Gasteiger charge is -2.45. The molecule has 0 aromatic heterocycles. The molecule has 1 atom stereocenters. The van der Waals surface area contributed by atoms with Crippen LogP contribution in [-0.2, 0) is 15.6 Å². The Hall–Kier alpha value is -1.11. The number of Topliss-reactive ketones (excluding diaryl/α,β-unsaturated/α-hetero) is 1. The number of hydrogen-bond donors (Lipinski definition) is 0. The van der Waals surface area contributed by atoms with Crippen molar-refractivity contribution in [2.24, 2.45) is 5.41 Å². The van der Waals surface area contributed by atoms with Crippen LogP contribution in [0.1, 0.15) is 58.2 Å². The summed E-state index contributed by atoms with van der Waals surface area (Å²) in [5.41, 5.74) is 3.43. The quantitative estimate of drug-likeness (QED) is 0.725. The molecule has 1 aliphatic carbocycles. The van der Waals surface area contributed by atoms with Gasteiger partial charge in [-0.1, -0.05) is 45.9 Å². The molecule has 0 heterocycles. The van der Waals surface area contributed by atoms with Crippen LogP contribution in [0.4, 0.5) is 0 Å². The molecule has 0 saturated heterocycles. The third kappa shape index (κ3) is 1.20. The van der Waals surface area contributed by atoms with Crippen molar-refractivity contribution in [2.45, 2.75) is 59.3 Å². The summed E-state index contributed by atoms with van der Waals surface area (Å²) in [6, 6.07) is 6.37. The van der Waals surface area contributed by atoms with Crippen LogP contribution in [0.2, 0.25) is 0 Å². The van der Waals surface area contributed by atoms with Gasteiger partial charge >= 0.3 is 0 Å². The minimum absolute atomic E-state index is 0.00803. The molecule has 1 unspecified atom stereocenters. The van der Waals surface area contributed by atoms with Crippen molar-refractivity contribution < 1.29 is 4.79 Å². The first-order valence-corrected chi connectivity index (χ1v) is 6.70. The predicted molar refractivity (Wildman–Crippen MR) is 76.0 cm³/mol. The van der Waals surface area contributed by atoms with E-state index in [0.717, 1.165) is 0 Å². The molecule has 0 N–H and O–H groups in total. The topological polar surface area (TPSA) is 17.1 Å². The highest BCUT2D eigenvalue weighted by molar-refractivity contribution is 5.91. The van der Waals surface area contributed by atoms with Crippen LogP contribution in [0.15, 0.2) is 18.2 Å². The summed E-state index contributed by atoms with van der Waals surface area (Å²) in [6.07, 6.45) is 0. The van der Waals surface area contributed by atoms with Crippen LogP contribution < -0.4 is 0 Å². The fourth-order valence-corrected chi connectivity index (χ4v) is 3.82. The molecular weight excluding hydrogens is 220 g/mol. The lowest BCUT2D eigenvalue weighted by atomic mass is 9.57. The van der Waals surface area contributed by atoms with E-state index in [-0.39, 0.29) is 16.6 Å². The average Bonchev–Trinajstić information content (AvgIpc) is 2.37. The van der Waals surface area contributed by atoms with Gasteiger partial charge in [0.05, 0.1) is 5.41 Å². The summed E-state index contributed by atoms with van der Waals surface area (Å²) < 4.78 is 0. The van der Waals surface area contributed by atoms with E-state index in [1.54, 1.807) is 6.92 Å². The van der Waals surface area contributed by atoms with Gasteiger partial charge in [-0.05, 0) is 48.3 Å².